The van der Waals surface area contributed by atoms with Gasteiger partial charge >= 0.3 is 0 Å². The van der Waals surface area contributed by atoms with Crippen LogP contribution in [0.3, 0.4) is 0 Å². The second kappa shape index (κ2) is 6.51. The molecule has 0 bridgehead atoms. The summed E-state index contributed by atoms with van der Waals surface area (Å²) in [5, 5.41) is 3.39. The van der Waals surface area contributed by atoms with Crippen molar-refractivity contribution in [1.82, 2.24) is 9.62 Å². The Morgan fingerprint density at radius 1 is 1.15 bits per heavy atom. The number of rotatable bonds is 3. The van der Waals surface area contributed by atoms with Crippen molar-refractivity contribution in [1.29, 1.82) is 0 Å². The van der Waals surface area contributed by atoms with Crippen LogP contribution >= 0.6 is 12.4 Å². The van der Waals surface area contributed by atoms with Gasteiger partial charge in [0.1, 0.15) is 0 Å². The van der Waals surface area contributed by atoms with Crippen LogP contribution in [0.4, 0.5) is 0 Å². The Bertz CT molecular complexity index is 415. The summed E-state index contributed by atoms with van der Waals surface area (Å²) in [5.41, 5.74) is 0.250. The van der Waals surface area contributed by atoms with Gasteiger partial charge < -0.3 is 5.32 Å². The smallest absolute Gasteiger partial charge is 0.214 e. The molecular formula is C14H27ClN2O2S. The van der Waals surface area contributed by atoms with Gasteiger partial charge in [0.15, 0.2) is 0 Å². The minimum absolute atomic E-state index is 0. The predicted octanol–water partition coefficient (Wildman–Crippen LogP) is 2.00. The average Bonchev–Trinajstić information content (AvgIpc) is 3.02. The number of nitrogens with one attached hydrogen (secondary N) is 1. The monoisotopic (exact) mass is 322 g/mol. The standard InChI is InChI=1S/C14H26N2O2S.ClH/c17-19(18,10-13-4-2-1-3-5-13)16-9-7-14(12-16)6-8-15-11-14;/h13,15H,1-12H2;1H. The molecule has 3 fully saturated rings. The number of sulfonamides is 1. The second-order valence-electron chi connectivity index (χ2n) is 6.79. The zero-order valence-electron chi connectivity index (χ0n) is 12.1. The first-order chi connectivity index (χ1) is 9.10. The third-order valence-corrected chi connectivity index (χ3v) is 7.29. The molecule has 118 valence electrons. The Morgan fingerprint density at radius 2 is 1.90 bits per heavy atom. The molecular weight excluding hydrogens is 296 g/mol. The minimum atomic E-state index is -3.02. The molecule has 0 aromatic heterocycles. The highest BCUT2D eigenvalue weighted by atomic mass is 35.5. The summed E-state index contributed by atoms with van der Waals surface area (Å²) >= 11 is 0. The Kier molecular flexibility index (Phi) is 5.38. The van der Waals surface area contributed by atoms with E-state index in [4.69, 9.17) is 0 Å². The zero-order valence-corrected chi connectivity index (χ0v) is 13.8. The van der Waals surface area contributed by atoms with Crippen molar-refractivity contribution in [2.24, 2.45) is 11.3 Å². The summed E-state index contributed by atoms with van der Waals surface area (Å²) in [6.07, 6.45) is 8.13. The molecule has 3 aliphatic rings. The number of hydrogen-bond acceptors (Lipinski definition) is 3. The van der Waals surface area contributed by atoms with Crippen molar-refractivity contribution in [2.45, 2.75) is 44.9 Å². The Labute approximate surface area is 129 Å². The second-order valence-corrected chi connectivity index (χ2v) is 8.81. The Morgan fingerprint density at radius 3 is 2.55 bits per heavy atom. The Hall–Kier alpha value is 0.160. The summed E-state index contributed by atoms with van der Waals surface area (Å²) in [5.74, 6) is 0.813. The number of halogens is 1. The molecule has 1 spiro atoms. The summed E-state index contributed by atoms with van der Waals surface area (Å²) in [6, 6.07) is 0. The van der Waals surface area contributed by atoms with E-state index in [2.05, 4.69) is 5.32 Å². The van der Waals surface area contributed by atoms with Crippen LogP contribution in [-0.2, 0) is 10.0 Å². The average molecular weight is 323 g/mol. The van der Waals surface area contributed by atoms with E-state index in [1.165, 1.54) is 19.3 Å². The maximum atomic E-state index is 12.5. The molecule has 0 aromatic rings. The predicted molar refractivity (Wildman–Crippen MR) is 83.7 cm³/mol. The normalized spacial score (nSPS) is 32.6. The first-order valence-corrected chi connectivity index (χ1v) is 9.39. The molecule has 1 aliphatic carbocycles. The van der Waals surface area contributed by atoms with E-state index in [0.29, 0.717) is 11.7 Å². The largest absolute Gasteiger partial charge is 0.316 e. The van der Waals surface area contributed by atoms with Crippen molar-refractivity contribution >= 4 is 22.4 Å². The highest BCUT2D eigenvalue weighted by Crippen LogP contribution is 2.38. The molecule has 1 saturated carbocycles. The van der Waals surface area contributed by atoms with Gasteiger partial charge in [0.25, 0.3) is 0 Å². The van der Waals surface area contributed by atoms with Crippen LogP contribution in [-0.4, -0.2) is 44.7 Å². The lowest BCUT2D eigenvalue weighted by atomic mass is 9.87. The summed E-state index contributed by atoms with van der Waals surface area (Å²) in [4.78, 5) is 0. The molecule has 2 aliphatic heterocycles. The highest BCUT2D eigenvalue weighted by molar-refractivity contribution is 7.89. The van der Waals surface area contributed by atoms with Crippen molar-refractivity contribution in [3.05, 3.63) is 0 Å². The fraction of sp³-hybridized carbons (Fsp3) is 1.00. The maximum Gasteiger partial charge on any atom is 0.214 e. The SMILES string of the molecule is Cl.O=S(=O)(CC1CCCCC1)N1CCC2(CCNC2)C1. The van der Waals surface area contributed by atoms with Gasteiger partial charge in [0, 0.05) is 19.6 Å². The summed E-state index contributed by atoms with van der Waals surface area (Å²) in [6.45, 7) is 3.56. The van der Waals surface area contributed by atoms with Crippen molar-refractivity contribution < 1.29 is 8.42 Å². The van der Waals surface area contributed by atoms with Gasteiger partial charge in [0.05, 0.1) is 5.75 Å². The zero-order chi connectivity index (χ0) is 13.3. The molecule has 6 heteroatoms. The fourth-order valence-electron chi connectivity index (χ4n) is 4.03. The maximum absolute atomic E-state index is 12.5. The van der Waals surface area contributed by atoms with E-state index in [0.717, 1.165) is 51.9 Å². The van der Waals surface area contributed by atoms with Gasteiger partial charge in [-0.1, -0.05) is 19.3 Å². The van der Waals surface area contributed by atoms with Crippen molar-refractivity contribution in [3.8, 4) is 0 Å². The van der Waals surface area contributed by atoms with E-state index in [1.807, 2.05) is 0 Å². The molecule has 0 amide bonds. The molecule has 4 nitrogen and oxygen atoms in total. The summed E-state index contributed by atoms with van der Waals surface area (Å²) in [7, 11) is -3.02. The third-order valence-electron chi connectivity index (χ3n) is 5.30. The molecule has 0 radical (unpaired) electrons. The molecule has 2 saturated heterocycles. The van der Waals surface area contributed by atoms with Crippen LogP contribution in [0.25, 0.3) is 0 Å². The molecule has 2 heterocycles. The first kappa shape index (κ1) is 16.5. The van der Waals surface area contributed by atoms with Crippen LogP contribution in [0.5, 0.6) is 0 Å². The van der Waals surface area contributed by atoms with Crippen molar-refractivity contribution in [3.63, 3.8) is 0 Å². The topological polar surface area (TPSA) is 49.4 Å². The van der Waals surface area contributed by atoms with Crippen LogP contribution in [0.1, 0.15) is 44.9 Å². The highest BCUT2D eigenvalue weighted by Gasteiger charge is 2.44. The molecule has 0 aromatic carbocycles. The summed E-state index contributed by atoms with van der Waals surface area (Å²) < 4.78 is 26.9. The van der Waals surface area contributed by atoms with E-state index < -0.39 is 10.0 Å². The van der Waals surface area contributed by atoms with E-state index in [-0.39, 0.29) is 17.8 Å². The lowest BCUT2D eigenvalue weighted by Gasteiger charge is -2.26. The number of nitrogens with zero attached hydrogens (tertiary/aromatic N) is 1. The van der Waals surface area contributed by atoms with Crippen LogP contribution in [0.2, 0.25) is 0 Å². The van der Waals surface area contributed by atoms with Gasteiger partial charge in [-0.3, -0.25) is 0 Å². The van der Waals surface area contributed by atoms with Gasteiger partial charge in [0.2, 0.25) is 10.0 Å². The third kappa shape index (κ3) is 3.49. The van der Waals surface area contributed by atoms with Crippen LogP contribution < -0.4 is 5.32 Å². The molecule has 3 rings (SSSR count). The van der Waals surface area contributed by atoms with Gasteiger partial charge in [-0.15, -0.1) is 12.4 Å². The fourth-order valence-corrected chi connectivity index (χ4v) is 6.01. The van der Waals surface area contributed by atoms with Crippen LogP contribution in [0, 0.1) is 11.3 Å². The lowest BCUT2D eigenvalue weighted by molar-refractivity contribution is 0.333. The molecule has 1 N–H and O–H groups in total. The van der Waals surface area contributed by atoms with Gasteiger partial charge in [-0.25, -0.2) is 12.7 Å². The molecule has 1 unspecified atom stereocenters. The first-order valence-electron chi connectivity index (χ1n) is 7.78. The quantitative estimate of drug-likeness (QED) is 0.864. The van der Waals surface area contributed by atoms with E-state index in [1.54, 1.807) is 4.31 Å². The van der Waals surface area contributed by atoms with Gasteiger partial charge in [-0.05, 0) is 43.6 Å². The molecule has 1 atom stereocenters. The Balaban J connectivity index is 0.00000147. The van der Waals surface area contributed by atoms with Crippen LogP contribution in [0.15, 0.2) is 0 Å². The van der Waals surface area contributed by atoms with E-state index >= 15 is 0 Å². The number of hydrogen-bond donors (Lipinski definition) is 1. The molecule has 20 heavy (non-hydrogen) atoms. The van der Waals surface area contributed by atoms with E-state index in [9.17, 15) is 8.42 Å². The van der Waals surface area contributed by atoms with Crippen molar-refractivity contribution in [2.75, 3.05) is 31.9 Å². The van der Waals surface area contributed by atoms with Gasteiger partial charge in [-0.2, -0.15) is 0 Å². The minimum Gasteiger partial charge on any atom is -0.316 e. The lowest BCUT2D eigenvalue weighted by Crippen LogP contribution is -2.36.